The van der Waals surface area contributed by atoms with Gasteiger partial charge in [-0.1, -0.05) is 0 Å². The molecule has 2 rings (SSSR count). The van der Waals surface area contributed by atoms with Gasteiger partial charge in [0.2, 0.25) is 0 Å². The molecule has 1 aliphatic heterocycles. The molecule has 0 aliphatic carbocycles. The molecule has 0 aromatic carbocycles. The van der Waals surface area contributed by atoms with Crippen LogP contribution in [-0.2, 0) is 5.60 Å². The van der Waals surface area contributed by atoms with Crippen molar-refractivity contribution in [1.82, 2.24) is 10.3 Å². The van der Waals surface area contributed by atoms with Gasteiger partial charge in [-0.15, -0.1) is 11.3 Å². The summed E-state index contributed by atoms with van der Waals surface area (Å²) in [6, 6.07) is 0. The van der Waals surface area contributed by atoms with E-state index in [4.69, 9.17) is 0 Å². The van der Waals surface area contributed by atoms with Gasteiger partial charge in [0.25, 0.3) is 0 Å². The SMILES string of the molecule is Cc1sc(C2(O)CCNCC2)nc1Br. The predicted octanol–water partition coefficient (Wildman–Crippen LogP) is 1.79. The van der Waals surface area contributed by atoms with E-state index >= 15 is 0 Å². The summed E-state index contributed by atoms with van der Waals surface area (Å²) in [4.78, 5) is 5.49. The molecular formula is C9H13BrN2OS. The van der Waals surface area contributed by atoms with Crippen molar-refractivity contribution < 1.29 is 5.11 Å². The van der Waals surface area contributed by atoms with Crippen molar-refractivity contribution in [3.8, 4) is 0 Å². The number of hydrogen-bond acceptors (Lipinski definition) is 4. The molecule has 2 N–H and O–H groups in total. The monoisotopic (exact) mass is 276 g/mol. The summed E-state index contributed by atoms with van der Waals surface area (Å²) in [5.41, 5.74) is -0.702. The van der Waals surface area contributed by atoms with Gasteiger partial charge in [-0.3, -0.25) is 0 Å². The van der Waals surface area contributed by atoms with E-state index in [9.17, 15) is 5.11 Å². The summed E-state index contributed by atoms with van der Waals surface area (Å²) in [5, 5.41) is 14.5. The summed E-state index contributed by atoms with van der Waals surface area (Å²) in [7, 11) is 0. The topological polar surface area (TPSA) is 45.1 Å². The van der Waals surface area contributed by atoms with Gasteiger partial charge in [-0.2, -0.15) is 0 Å². The van der Waals surface area contributed by atoms with Crippen molar-refractivity contribution in [1.29, 1.82) is 0 Å². The fraction of sp³-hybridized carbons (Fsp3) is 0.667. The highest BCUT2D eigenvalue weighted by Gasteiger charge is 2.34. The van der Waals surface area contributed by atoms with Gasteiger partial charge in [-0.05, 0) is 48.8 Å². The fourth-order valence-corrected chi connectivity index (χ4v) is 3.12. The van der Waals surface area contributed by atoms with E-state index in [0.29, 0.717) is 0 Å². The van der Waals surface area contributed by atoms with Crippen LogP contribution in [0.5, 0.6) is 0 Å². The first-order chi connectivity index (χ1) is 6.62. The second-order valence-electron chi connectivity index (χ2n) is 3.65. The third-order valence-corrected chi connectivity index (χ3v) is 4.77. The van der Waals surface area contributed by atoms with E-state index < -0.39 is 5.60 Å². The molecular weight excluding hydrogens is 264 g/mol. The Balaban J connectivity index is 2.28. The first-order valence-corrected chi connectivity index (χ1v) is 6.29. The molecule has 1 fully saturated rings. The zero-order valence-corrected chi connectivity index (χ0v) is 10.4. The smallest absolute Gasteiger partial charge is 0.126 e. The molecule has 0 saturated carbocycles. The highest BCUT2D eigenvalue weighted by molar-refractivity contribution is 9.10. The van der Waals surface area contributed by atoms with Crippen LogP contribution in [0.4, 0.5) is 0 Å². The van der Waals surface area contributed by atoms with Crippen LogP contribution in [-0.4, -0.2) is 23.2 Å². The van der Waals surface area contributed by atoms with E-state index in [-0.39, 0.29) is 0 Å². The van der Waals surface area contributed by atoms with Crippen LogP contribution in [0.3, 0.4) is 0 Å². The summed E-state index contributed by atoms with van der Waals surface area (Å²) in [6.45, 7) is 3.75. The summed E-state index contributed by atoms with van der Waals surface area (Å²) < 4.78 is 0.865. The summed E-state index contributed by atoms with van der Waals surface area (Å²) in [5.74, 6) is 0. The zero-order valence-electron chi connectivity index (χ0n) is 8.01. The maximum atomic E-state index is 10.4. The number of hydrogen-bond donors (Lipinski definition) is 2. The van der Waals surface area contributed by atoms with E-state index in [1.165, 1.54) is 0 Å². The summed E-state index contributed by atoms with van der Waals surface area (Å²) in [6.07, 6.45) is 1.51. The Hall–Kier alpha value is 0.0300. The molecule has 3 nitrogen and oxygen atoms in total. The van der Waals surface area contributed by atoms with Gasteiger partial charge in [-0.25, -0.2) is 4.98 Å². The molecule has 1 aromatic heterocycles. The van der Waals surface area contributed by atoms with Crippen molar-refractivity contribution in [2.24, 2.45) is 0 Å². The van der Waals surface area contributed by atoms with Gasteiger partial charge in [0.15, 0.2) is 0 Å². The molecule has 78 valence electrons. The van der Waals surface area contributed by atoms with Crippen LogP contribution in [0.25, 0.3) is 0 Å². The zero-order chi connectivity index (χ0) is 10.2. The molecule has 1 aliphatic rings. The van der Waals surface area contributed by atoms with Gasteiger partial charge in [0.1, 0.15) is 15.2 Å². The molecule has 1 aromatic rings. The van der Waals surface area contributed by atoms with Gasteiger partial charge >= 0.3 is 0 Å². The molecule has 0 bridgehead atoms. The molecule has 1 saturated heterocycles. The van der Waals surface area contributed by atoms with E-state index in [1.54, 1.807) is 11.3 Å². The van der Waals surface area contributed by atoms with Crippen molar-refractivity contribution in [2.75, 3.05) is 13.1 Å². The van der Waals surface area contributed by atoms with Crippen molar-refractivity contribution in [2.45, 2.75) is 25.4 Å². The minimum Gasteiger partial charge on any atom is -0.383 e. The lowest BCUT2D eigenvalue weighted by Crippen LogP contribution is -2.39. The van der Waals surface area contributed by atoms with Crippen molar-refractivity contribution >= 4 is 27.3 Å². The van der Waals surface area contributed by atoms with E-state index in [1.807, 2.05) is 6.92 Å². The molecule has 2 heterocycles. The Bertz CT molecular complexity index is 314. The lowest BCUT2D eigenvalue weighted by atomic mass is 9.93. The number of aryl methyl sites for hydroxylation is 1. The molecule has 0 unspecified atom stereocenters. The number of rotatable bonds is 1. The average Bonchev–Trinajstić information content (AvgIpc) is 2.49. The predicted molar refractivity (Wildman–Crippen MR) is 60.6 cm³/mol. The van der Waals surface area contributed by atoms with Crippen LogP contribution in [0.1, 0.15) is 22.7 Å². The molecule has 14 heavy (non-hydrogen) atoms. The Morgan fingerprint density at radius 1 is 1.50 bits per heavy atom. The van der Waals surface area contributed by atoms with Crippen LogP contribution in [0, 0.1) is 6.92 Å². The normalized spacial score (nSPS) is 21.1. The molecule has 0 radical (unpaired) electrons. The highest BCUT2D eigenvalue weighted by Crippen LogP contribution is 2.35. The van der Waals surface area contributed by atoms with Crippen LogP contribution in [0.15, 0.2) is 4.60 Å². The maximum Gasteiger partial charge on any atom is 0.126 e. The van der Waals surface area contributed by atoms with Crippen LogP contribution >= 0.6 is 27.3 Å². The van der Waals surface area contributed by atoms with Crippen molar-refractivity contribution in [3.63, 3.8) is 0 Å². The Morgan fingerprint density at radius 3 is 2.64 bits per heavy atom. The van der Waals surface area contributed by atoms with Gasteiger partial charge in [0.05, 0.1) is 0 Å². The standard InChI is InChI=1S/C9H13BrN2OS/c1-6-7(10)12-8(14-6)9(13)2-4-11-5-3-9/h11,13H,2-5H2,1H3. The largest absolute Gasteiger partial charge is 0.383 e. The molecule has 5 heteroatoms. The number of piperidine rings is 1. The molecule has 0 spiro atoms. The number of halogens is 1. The Labute approximate surface area is 95.7 Å². The highest BCUT2D eigenvalue weighted by atomic mass is 79.9. The van der Waals surface area contributed by atoms with Crippen molar-refractivity contribution in [3.05, 3.63) is 14.5 Å². The number of nitrogens with one attached hydrogen (secondary N) is 1. The fourth-order valence-electron chi connectivity index (χ4n) is 1.63. The lowest BCUT2D eigenvalue weighted by molar-refractivity contribution is 0.00565. The van der Waals surface area contributed by atoms with E-state index in [2.05, 4.69) is 26.2 Å². The third kappa shape index (κ3) is 1.86. The average molecular weight is 277 g/mol. The van der Waals surface area contributed by atoms with E-state index in [0.717, 1.165) is 40.4 Å². The van der Waals surface area contributed by atoms with Gasteiger partial charge < -0.3 is 10.4 Å². The first kappa shape index (κ1) is 10.5. The van der Waals surface area contributed by atoms with Gasteiger partial charge in [0, 0.05) is 4.88 Å². The number of nitrogens with zero attached hydrogens (tertiary/aromatic N) is 1. The minimum atomic E-state index is -0.702. The third-order valence-electron chi connectivity index (χ3n) is 2.57. The van der Waals surface area contributed by atoms with Crippen LogP contribution < -0.4 is 5.32 Å². The minimum absolute atomic E-state index is 0.702. The Morgan fingerprint density at radius 2 is 2.14 bits per heavy atom. The molecule has 0 atom stereocenters. The lowest BCUT2D eigenvalue weighted by Gasteiger charge is -2.30. The summed E-state index contributed by atoms with van der Waals surface area (Å²) >= 11 is 4.96. The second-order valence-corrected chi connectivity index (χ2v) is 5.60. The molecule has 0 amide bonds. The number of aromatic nitrogens is 1. The quantitative estimate of drug-likeness (QED) is 0.822. The number of thiazole rings is 1. The second kappa shape index (κ2) is 3.89. The maximum absolute atomic E-state index is 10.4. The van der Waals surface area contributed by atoms with Crippen LogP contribution in [0.2, 0.25) is 0 Å². The number of aliphatic hydroxyl groups is 1. The Kier molecular flexibility index (Phi) is 2.93. The first-order valence-electron chi connectivity index (χ1n) is 4.68.